The molecule has 0 aliphatic carbocycles. The minimum atomic E-state index is 0.137. The minimum Gasteiger partial charge on any atom is -0.365 e. The summed E-state index contributed by atoms with van der Waals surface area (Å²) in [6, 6.07) is 2.01. The first-order valence-electron chi connectivity index (χ1n) is 4.67. The van der Waals surface area contributed by atoms with Gasteiger partial charge in [0.15, 0.2) is 5.82 Å². The lowest BCUT2D eigenvalue weighted by atomic mass is 10.3. The van der Waals surface area contributed by atoms with Crippen molar-refractivity contribution in [2.24, 2.45) is 7.05 Å². The van der Waals surface area contributed by atoms with E-state index in [4.69, 9.17) is 4.74 Å². The number of fused-ring (bicyclic) bond motifs is 1. The van der Waals surface area contributed by atoms with E-state index in [2.05, 4.69) is 9.97 Å². The molecule has 1 aliphatic heterocycles. The van der Waals surface area contributed by atoms with Crippen LogP contribution in [0, 0.1) is 6.92 Å². The van der Waals surface area contributed by atoms with Crippen molar-refractivity contribution in [2.45, 2.75) is 13.0 Å². The van der Waals surface area contributed by atoms with E-state index in [0.29, 0.717) is 0 Å². The molecular formula is C10H11N3O. The Labute approximate surface area is 81.5 Å². The normalized spacial score (nSPS) is 20.3. The summed E-state index contributed by atoms with van der Waals surface area (Å²) in [5.41, 5.74) is 3.13. The predicted octanol–water partition coefficient (Wildman–Crippen LogP) is 1.35. The maximum atomic E-state index is 5.17. The Morgan fingerprint density at radius 1 is 1.50 bits per heavy atom. The van der Waals surface area contributed by atoms with E-state index in [1.54, 1.807) is 0 Å². The average Bonchev–Trinajstić information content (AvgIpc) is 2.92. The molecule has 0 N–H and O–H groups in total. The first-order chi connectivity index (χ1) is 6.75. The van der Waals surface area contributed by atoms with Crippen LogP contribution >= 0.6 is 0 Å². The van der Waals surface area contributed by atoms with E-state index in [1.165, 1.54) is 0 Å². The molecule has 1 aliphatic rings. The molecular weight excluding hydrogens is 178 g/mol. The molecule has 0 bridgehead atoms. The van der Waals surface area contributed by atoms with Gasteiger partial charge in [-0.05, 0) is 13.0 Å². The van der Waals surface area contributed by atoms with Gasteiger partial charge in [-0.15, -0.1) is 0 Å². The number of aryl methyl sites for hydroxylation is 2. The molecule has 1 atom stereocenters. The lowest BCUT2D eigenvalue weighted by Crippen LogP contribution is -1.98. The van der Waals surface area contributed by atoms with Crippen molar-refractivity contribution in [1.29, 1.82) is 0 Å². The van der Waals surface area contributed by atoms with Crippen molar-refractivity contribution in [3.05, 3.63) is 23.8 Å². The Morgan fingerprint density at radius 2 is 2.29 bits per heavy atom. The standard InChI is InChI=1S/C10H11N3O/c1-6-9-7(3-4-13(9)2)12-10(11-6)8-5-14-8/h3-4,8H,5H2,1-2H3. The number of hydrogen-bond acceptors (Lipinski definition) is 3. The van der Waals surface area contributed by atoms with Crippen LogP contribution < -0.4 is 0 Å². The largest absolute Gasteiger partial charge is 0.365 e. The quantitative estimate of drug-likeness (QED) is 0.636. The lowest BCUT2D eigenvalue weighted by Gasteiger charge is -2.01. The molecule has 1 unspecified atom stereocenters. The van der Waals surface area contributed by atoms with E-state index < -0.39 is 0 Å². The fourth-order valence-corrected chi connectivity index (χ4v) is 1.76. The van der Waals surface area contributed by atoms with Crippen LogP contribution in [0.3, 0.4) is 0 Å². The molecule has 4 nitrogen and oxygen atoms in total. The first-order valence-corrected chi connectivity index (χ1v) is 4.67. The molecule has 72 valence electrons. The van der Waals surface area contributed by atoms with Crippen LogP contribution in [0.4, 0.5) is 0 Å². The summed E-state index contributed by atoms with van der Waals surface area (Å²) >= 11 is 0. The van der Waals surface area contributed by atoms with Crippen LogP contribution in [0.5, 0.6) is 0 Å². The van der Waals surface area contributed by atoms with Crippen molar-refractivity contribution in [3.63, 3.8) is 0 Å². The van der Waals surface area contributed by atoms with Gasteiger partial charge in [-0.25, -0.2) is 9.97 Å². The molecule has 0 radical (unpaired) electrons. The number of nitrogens with zero attached hydrogens (tertiary/aromatic N) is 3. The molecule has 14 heavy (non-hydrogen) atoms. The fourth-order valence-electron chi connectivity index (χ4n) is 1.76. The smallest absolute Gasteiger partial charge is 0.160 e. The van der Waals surface area contributed by atoms with Gasteiger partial charge in [-0.1, -0.05) is 0 Å². The van der Waals surface area contributed by atoms with Crippen molar-refractivity contribution in [2.75, 3.05) is 6.61 Å². The second-order valence-corrected chi connectivity index (χ2v) is 3.65. The van der Waals surface area contributed by atoms with Crippen LogP contribution in [0.25, 0.3) is 11.0 Å². The third kappa shape index (κ3) is 1.04. The molecule has 1 saturated heterocycles. The minimum absolute atomic E-state index is 0.137. The van der Waals surface area contributed by atoms with Crippen LogP contribution in [0.1, 0.15) is 17.6 Å². The van der Waals surface area contributed by atoms with E-state index >= 15 is 0 Å². The molecule has 0 aromatic carbocycles. The summed E-state index contributed by atoms with van der Waals surface area (Å²) in [4.78, 5) is 8.90. The predicted molar refractivity (Wildman–Crippen MR) is 51.9 cm³/mol. The monoisotopic (exact) mass is 189 g/mol. The Hall–Kier alpha value is -1.42. The number of rotatable bonds is 1. The van der Waals surface area contributed by atoms with Gasteiger partial charge in [-0.3, -0.25) is 0 Å². The Morgan fingerprint density at radius 3 is 3.00 bits per heavy atom. The number of epoxide rings is 1. The molecule has 4 heteroatoms. The van der Waals surface area contributed by atoms with Crippen molar-refractivity contribution < 1.29 is 4.74 Å². The number of aromatic nitrogens is 3. The highest BCUT2D eigenvalue weighted by Gasteiger charge is 2.28. The van der Waals surface area contributed by atoms with E-state index in [0.717, 1.165) is 29.2 Å². The van der Waals surface area contributed by atoms with Crippen LogP contribution in [0.15, 0.2) is 12.3 Å². The van der Waals surface area contributed by atoms with Crippen LogP contribution in [-0.2, 0) is 11.8 Å². The molecule has 2 aromatic rings. The summed E-state index contributed by atoms with van der Waals surface area (Å²) in [6.45, 7) is 2.77. The molecule has 2 aromatic heterocycles. The Bertz CT molecular complexity index is 499. The molecule has 1 fully saturated rings. The van der Waals surface area contributed by atoms with Crippen molar-refractivity contribution in [1.82, 2.24) is 14.5 Å². The van der Waals surface area contributed by atoms with Gasteiger partial charge in [0.25, 0.3) is 0 Å². The third-order valence-corrected chi connectivity index (χ3v) is 2.53. The lowest BCUT2D eigenvalue weighted by molar-refractivity contribution is 0.406. The van der Waals surface area contributed by atoms with Crippen LogP contribution in [0.2, 0.25) is 0 Å². The fraction of sp³-hybridized carbons (Fsp3) is 0.400. The van der Waals surface area contributed by atoms with E-state index in [1.807, 2.05) is 30.8 Å². The first kappa shape index (κ1) is 7.94. The van der Waals surface area contributed by atoms with Gasteiger partial charge in [-0.2, -0.15) is 0 Å². The summed E-state index contributed by atoms with van der Waals surface area (Å²) in [7, 11) is 2.01. The highest BCUT2D eigenvalue weighted by atomic mass is 16.6. The van der Waals surface area contributed by atoms with E-state index in [-0.39, 0.29) is 6.10 Å². The Kier molecular flexibility index (Phi) is 1.44. The van der Waals surface area contributed by atoms with Gasteiger partial charge in [0.1, 0.15) is 6.10 Å². The Balaban J connectivity index is 2.29. The third-order valence-electron chi connectivity index (χ3n) is 2.53. The van der Waals surface area contributed by atoms with Gasteiger partial charge >= 0.3 is 0 Å². The SMILES string of the molecule is Cc1nc(C2CO2)nc2ccn(C)c12. The van der Waals surface area contributed by atoms with Gasteiger partial charge in [0.05, 0.1) is 23.3 Å². The maximum Gasteiger partial charge on any atom is 0.160 e. The van der Waals surface area contributed by atoms with Gasteiger partial charge in [0.2, 0.25) is 0 Å². The highest BCUT2D eigenvalue weighted by Crippen LogP contribution is 2.28. The van der Waals surface area contributed by atoms with Gasteiger partial charge < -0.3 is 9.30 Å². The molecule has 0 amide bonds. The number of ether oxygens (including phenoxy) is 1. The second kappa shape index (κ2) is 2.54. The topological polar surface area (TPSA) is 43.2 Å². The summed E-state index contributed by atoms with van der Waals surface area (Å²) in [5, 5.41) is 0. The average molecular weight is 189 g/mol. The molecule has 0 saturated carbocycles. The molecule has 0 spiro atoms. The summed E-state index contributed by atoms with van der Waals surface area (Å²) in [6.07, 6.45) is 2.14. The van der Waals surface area contributed by atoms with Crippen LogP contribution in [-0.4, -0.2) is 21.1 Å². The zero-order chi connectivity index (χ0) is 9.71. The maximum absolute atomic E-state index is 5.17. The van der Waals surface area contributed by atoms with E-state index in [9.17, 15) is 0 Å². The van der Waals surface area contributed by atoms with Crippen molar-refractivity contribution >= 4 is 11.0 Å². The van der Waals surface area contributed by atoms with Gasteiger partial charge in [0, 0.05) is 13.2 Å². The number of hydrogen-bond donors (Lipinski definition) is 0. The summed E-state index contributed by atoms with van der Waals surface area (Å²) in [5.74, 6) is 0.821. The second-order valence-electron chi connectivity index (χ2n) is 3.65. The summed E-state index contributed by atoms with van der Waals surface area (Å²) < 4.78 is 7.22. The zero-order valence-corrected chi connectivity index (χ0v) is 8.19. The molecule has 3 heterocycles. The molecule has 3 rings (SSSR count). The zero-order valence-electron chi connectivity index (χ0n) is 8.19. The highest BCUT2D eigenvalue weighted by molar-refractivity contribution is 5.77. The van der Waals surface area contributed by atoms with Crippen molar-refractivity contribution in [3.8, 4) is 0 Å².